The van der Waals surface area contributed by atoms with Crippen molar-refractivity contribution >= 4 is 17.9 Å². The van der Waals surface area contributed by atoms with Gasteiger partial charge >= 0.3 is 6.03 Å². The van der Waals surface area contributed by atoms with Gasteiger partial charge in [0.25, 0.3) is 5.91 Å². The molecule has 0 bridgehead atoms. The number of nitrogens with one attached hydrogen (secondary N) is 1. The average molecular weight is 306 g/mol. The summed E-state index contributed by atoms with van der Waals surface area (Å²) in [6.45, 7) is 4.88. The Kier molecular flexibility index (Phi) is 5.26. The molecule has 3 N–H and O–H groups in total. The van der Waals surface area contributed by atoms with Gasteiger partial charge in [-0.15, -0.1) is 0 Å². The second-order valence-corrected chi connectivity index (χ2v) is 5.35. The van der Waals surface area contributed by atoms with Gasteiger partial charge in [0.05, 0.1) is 6.04 Å². The Morgan fingerprint density at radius 3 is 2.59 bits per heavy atom. The molecule has 1 aliphatic rings. The van der Waals surface area contributed by atoms with Crippen LogP contribution in [0.3, 0.4) is 0 Å². The van der Waals surface area contributed by atoms with Crippen molar-refractivity contribution in [3.05, 3.63) is 18.5 Å². The number of rotatable bonds is 4. The van der Waals surface area contributed by atoms with Crippen LogP contribution in [0.4, 0.5) is 10.7 Å². The number of anilines is 1. The number of hydrogen-bond acceptors (Lipinski definition) is 5. The molecule has 0 radical (unpaired) electrons. The van der Waals surface area contributed by atoms with E-state index in [1.54, 1.807) is 6.07 Å². The molecule has 2 heterocycles. The van der Waals surface area contributed by atoms with E-state index in [4.69, 9.17) is 5.73 Å². The van der Waals surface area contributed by atoms with Crippen LogP contribution in [0.1, 0.15) is 26.7 Å². The van der Waals surface area contributed by atoms with Gasteiger partial charge in [-0.05, 0) is 18.4 Å². The molecule has 2 rings (SSSR count). The lowest BCUT2D eigenvalue weighted by atomic mass is 9.99. The van der Waals surface area contributed by atoms with Crippen LogP contribution in [0.15, 0.2) is 18.5 Å². The summed E-state index contributed by atoms with van der Waals surface area (Å²) in [5.41, 5.74) is 5.99. The second kappa shape index (κ2) is 7.17. The highest BCUT2D eigenvalue weighted by Crippen LogP contribution is 2.16. The van der Waals surface area contributed by atoms with Crippen molar-refractivity contribution in [3.8, 4) is 0 Å². The summed E-state index contributed by atoms with van der Waals surface area (Å²) in [4.78, 5) is 32.6. The number of hydrogen-bond donors (Lipinski definition) is 2. The van der Waals surface area contributed by atoms with E-state index in [2.05, 4.69) is 15.3 Å². The van der Waals surface area contributed by atoms with E-state index in [0.717, 1.165) is 12.8 Å². The molecule has 1 aliphatic heterocycles. The Morgan fingerprint density at radius 2 is 1.95 bits per heavy atom. The van der Waals surface area contributed by atoms with E-state index < -0.39 is 12.1 Å². The number of nitrogens with two attached hydrogens (primary N) is 1. The van der Waals surface area contributed by atoms with Crippen LogP contribution in [0.5, 0.6) is 0 Å². The summed E-state index contributed by atoms with van der Waals surface area (Å²) in [6.07, 6.45) is 4.61. The molecule has 2 atom stereocenters. The summed E-state index contributed by atoms with van der Waals surface area (Å²) in [6, 6.07) is 0.631. The summed E-state index contributed by atoms with van der Waals surface area (Å²) < 4.78 is 0. The molecule has 1 aromatic heterocycles. The van der Waals surface area contributed by atoms with Gasteiger partial charge in [-0.1, -0.05) is 20.3 Å². The fourth-order valence-corrected chi connectivity index (χ4v) is 2.25. The zero-order valence-corrected chi connectivity index (χ0v) is 12.9. The highest BCUT2D eigenvalue weighted by Gasteiger charge is 2.35. The first-order chi connectivity index (χ1) is 10.5. The zero-order chi connectivity index (χ0) is 16.1. The number of aromatic nitrogens is 2. The molecule has 1 saturated heterocycles. The molecule has 3 amide bonds. The van der Waals surface area contributed by atoms with Crippen LogP contribution in [0, 0.1) is 5.92 Å². The van der Waals surface area contributed by atoms with Gasteiger partial charge in [-0.3, -0.25) is 10.1 Å². The highest BCUT2D eigenvalue weighted by molar-refractivity contribution is 5.91. The molecule has 8 nitrogen and oxygen atoms in total. The predicted octanol–water partition coefficient (Wildman–Crippen LogP) is 0.831. The number of hydrazine groups is 1. The molecule has 1 fully saturated rings. The smallest absolute Gasteiger partial charge is 0.320 e. The van der Waals surface area contributed by atoms with Gasteiger partial charge in [-0.2, -0.15) is 0 Å². The summed E-state index contributed by atoms with van der Waals surface area (Å²) >= 11 is 0. The maximum atomic E-state index is 12.5. The van der Waals surface area contributed by atoms with Crippen molar-refractivity contribution in [2.75, 3.05) is 18.4 Å². The van der Waals surface area contributed by atoms with Crippen molar-refractivity contribution in [1.29, 1.82) is 0 Å². The molecular weight excluding hydrogens is 284 g/mol. The quantitative estimate of drug-likeness (QED) is 0.857. The Hall–Kier alpha value is -2.22. The minimum absolute atomic E-state index is 0.0652. The maximum absolute atomic E-state index is 12.5. The third-order valence-corrected chi connectivity index (χ3v) is 3.85. The van der Waals surface area contributed by atoms with Gasteiger partial charge in [0, 0.05) is 25.5 Å². The van der Waals surface area contributed by atoms with Crippen LogP contribution in [-0.2, 0) is 4.79 Å². The summed E-state index contributed by atoms with van der Waals surface area (Å²) in [5, 5.41) is 5.38. The van der Waals surface area contributed by atoms with Crippen LogP contribution in [0.25, 0.3) is 0 Å². The minimum atomic E-state index is -0.605. The van der Waals surface area contributed by atoms with Crippen LogP contribution >= 0.6 is 0 Å². The van der Waals surface area contributed by atoms with Crippen LogP contribution in [0.2, 0.25) is 0 Å². The van der Waals surface area contributed by atoms with E-state index in [1.807, 2.05) is 13.8 Å². The van der Waals surface area contributed by atoms with E-state index in [9.17, 15) is 9.59 Å². The van der Waals surface area contributed by atoms with Gasteiger partial charge in [0.1, 0.15) is 0 Å². The Labute approximate surface area is 129 Å². The molecule has 22 heavy (non-hydrogen) atoms. The lowest BCUT2D eigenvalue weighted by molar-refractivity contribution is -0.142. The van der Waals surface area contributed by atoms with Crippen molar-refractivity contribution < 1.29 is 9.59 Å². The molecule has 0 aromatic carbocycles. The minimum Gasteiger partial charge on any atom is -0.320 e. The standard InChI is InChI=1S/C14H22N6O2/c1-3-10(2)11(15)12(21)19-8-5-9-20(19)14(22)18-13-16-6-4-7-17-13/h4,6-7,10-11H,3,5,8-9,15H2,1-2H3,(H,16,17,18,22)/t10-,11-/m0/s1. The second-order valence-electron chi connectivity index (χ2n) is 5.35. The normalized spacial score (nSPS) is 17.2. The Bertz CT molecular complexity index is 523. The van der Waals surface area contributed by atoms with Crippen LogP contribution in [-0.4, -0.2) is 51.1 Å². The third kappa shape index (κ3) is 3.51. The van der Waals surface area contributed by atoms with E-state index in [-0.39, 0.29) is 17.8 Å². The summed E-state index contributed by atoms with van der Waals surface area (Å²) in [5.74, 6) is 0.0458. The number of urea groups is 1. The molecule has 0 aliphatic carbocycles. The lowest BCUT2D eigenvalue weighted by Gasteiger charge is -2.31. The molecule has 1 aromatic rings. The summed E-state index contributed by atoms with van der Waals surface area (Å²) in [7, 11) is 0. The van der Waals surface area contributed by atoms with Crippen molar-refractivity contribution in [2.24, 2.45) is 11.7 Å². The monoisotopic (exact) mass is 306 g/mol. The maximum Gasteiger partial charge on any atom is 0.343 e. The molecule has 8 heteroatoms. The number of carbonyl (C=O) groups is 2. The number of nitrogens with zero attached hydrogens (tertiary/aromatic N) is 4. The number of amides is 3. The van der Waals surface area contributed by atoms with Crippen molar-refractivity contribution in [3.63, 3.8) is 0 Å². The van der Waals surface area contributed by atoms with E-state index >= 15 is 0 Å². The molecule has 0 saturated carbocycles. The SMILES string of the molecule is CC[C@H](C)[C@H](N)C(=O)N1CCCN1C(=O)Nc1ncccn1. The number of carbonyl (C=O) groups excluding carboxylic acids is 2. The Morgan fingerprint density at radius 1 is 1.32 bits per heavy atom. The predicted molar refractivity (Wildman–Crippen MR) is 81.5 cm³/mol. The topological polar surface area (TPSA) is 104 Å². The fraction of sp³-hybridized carbons (Fsp3) is 0.571. The van der Waals surface area contributed by atoms with E-state index in [1.165, 1.54) is 22.4 Å². The fourth-order valence-electron chi connectivity index (χ4n) is 2.25. The Balaban J connectivity index is 2.03. The first-order valence-electron chi connectivity index (χ1n) is 7.47. The van der Waals surface area contributed by atoms with Crippen LogP contribution < -0.4 is 11.1 Å². The first kappa shape index (κ1) is 16.2. The van der Waals surface area contributed by atoms with Gasteiger partial charge in [-0.25, -0.2) is 24.8 Å². The van der Waals surface area contributed by atoms with Crippen molar-refractivity contribution in [2.45, 2.75) is 32.7 Å². The first-order valence-corrected chi connectivity index (χ1v) is 7.47. The zero-order valence-electron chi connectivity index (χ0n) is 12.9. The highest BCUT2D eigenvalue weighted by atomic mass is 16.2. The van der Waals surface area contributed by atoms with Gasteiger partial charge in [0.2, 0.25) is 5.95 Å². The third-order valence-electron chi connectivity index (χ3n) is 3.85. The van der Waals surface area contributed by atoms with Gasteiger partial charge in [0.15, 0.2) is 0 Å². The lowest BCUT2D eigenvalue weighted by Crippen LogP contribution is -2.53. The molecular formula is C14H22N6O2. The molecule has 0 spiro atoms. The molecule has 120 valence electrons. The molecule has 0 unspecified atom stereocenters. The van der Waals surface area contributed by atoms with E-state index in [0.29, 0.717) is 13.1 Å². The van der Waals surface area contributed by atoms with Gasteiger partial charge < -0.3 is 5.73 Å². The largest absolute Gasteiger partial charge is 0.343 e. The average Bonchev–Trinajstić information content (AvgIpc) is 3.03. The van der Waals surface area contributed by atoms with Crippen molar-refractivity contribution in [1.82, 2.24) is 20.0 Å².